The third-order valence-electron chi connectivity index (χ3n) is 5.61. The molecule has 5 rings (SSSR count). The Balaban J connectivity index is 1.52. The van der Waals surface area contributed by atoms with Crippen LogP contribution in [0.1, 0.15) is 19.5 Å². The molecule has 0 spiro atoms. The van der Waals surface area contributed by atoms with Gasteiger partial charge in [-0.25, -0.2) is 0 Å². The summed E-state index contributed by atoms with van der Waals surface area (Å²) >= 11 is 8.11. The van der Waals surface area contributed by atoms with Gasteiger partial charge in [-0.05, 0) is 48.8 Å². The van der Waals surface area contributed by atoms with E-state index in [0.29, 0.717) is 18.2 Å². The zero-order valence-corrected chi connectivity index (χ0v) is 19.9. The molecule has 0 amide bonds. The highest BCUT2D eigenvalue weighted by Gasteiger charge is 2.33. The molecule has 4 nitrogen and oxygen atoms in total. The largest absolute Gasteiger partial charge is 0.493 e. The summed E-state index contributed by atoms with van der Waals surface area (Å²) in [5.74, 6) is 0. The maximum absolute atomic E-state index is 6.36. The van der Waals surface area contributed by atoms with Gasteiger partial charge in [-0.2, -0.15) is 0 Å². The van der Waals surface area contributed by atoms with Crippen LogP contribution in [0.5, 0.6) is 0 Å². The van der Waals surface area contributed by atoms with Gasteiger partial charge in [0.15, 0.2) is 0 Å². The maximum atomic E-state index is 6.36. The van der Waals surface area contributed by atoms with Crippen LogP contribution >= 0.6 is 23.4 Å². The van der Waals surface area contributed by atoms with E-state index in [4.69, 9.17) is 20.9 Å². The van der Waals surface area contributed by atoms with E-state index in [0.717, 1.165) is 32.6 Å². The van der Waals surface area contributed by atoms with Crippen molar-refractivity contribution in [3.63, 3.8) is 0 Å². The molecular weight excluding hydrogens is 439 g/mol. The zero-order chi connectivity index (χ0) is 22.3. The molecule has 3 heterocycles. The van der Waals surface area contributed by atoms with Crippen molar-refractivity contribution in [3.8, 4) is 5.69 Å². The first-order valence-electron chi connectivity index (χ1n) is 10.6. The fourth-order valence-corrected chi connectivity index (χ4v) is 5.30. The lowest BCUT2D eigenvalue weighted by molar-refractivity contribution is 0.0343. The standard InChI is InChI=1S/C25H24BClN2O2S/c1-17-24(22-10-9-19(27)13-23(22)29(17)20-7-5-11-28-14-20)32-21-8-4-6-18(12-21)26-30-15-25(2,3)16-31-26/h4-14H,15-16H2,1-3H3. The van der Waals surface area contributed by atoms with Crippen LogP contribution in [0.15, 0.2) is 76.8 Å². The average molecular weight is 463 g/mol. The molecule has 0 N–H and O–H groups in total. The summed E-state index contributed by atoms with van der Waals surface area (Å²) in [6.07, 6.45) is 3.66. The molecule has 0 radical (unpaired) electrons. The first kappa shape index (κ1) is 21.6. The fraction of sp³-hybridized carbons (Fsp3) is 0.240. The number of pyridine rings is 1. The zero-order valence-electron chi connectivity index (χ0n) is 18.3. The van der Waals surface area contributed by atoms with E-state index in [1.165, 1.54) is 4.90 Å². The van der Waals surface area contributed by atoms with Crippen molar-refractivity contribution >= 4 is 46.8 Å². The third kappa shape index (κ3) is 4.20. The summed E-state index contributed by atoms with van der Waals surface area (Å²) in [5, 5.41) is 1.88. The van der Waals surface area contributed by atoms with E-state index < -0.39 is 0 Å². The number of fused-ring (bicyclic) bond motifs is 1. The number of benzene rings is 2. The minimum absolute atomic E-state index is 0.0510. The average Bonchev–Trinajstić information content (AvgIpc) is 3.05. The Labute approximate surface area is 198 Å². The predicted molar refractivity (Wildman–Crippen MR) is 132 cm³/mol. The number of hydrogen-bond donors (Lipinski definition) is 0. The molecule has 162 valence electrons. The molecule has 7 heteroatoms. The molecule has 1 fully saturated rings. The summed E-state index contributed by atoms with van der Waals surface area (Å²) in [6.45, 7) is 7.83. The van der Waals surface area contributed by atoms with Crippen molar-refractivity contribution in [1.82, 2.24) is 9.55 Å². The minimum Gasteiger partial charge on any atom is -0.407 e. The van der Waals surface area contributed by atoms with E-state index >= 15 is 0 Å². The van der Waals surface area contributed by atoms with Crippen LogP contribution in [0, 0.1) is 12.3 Å². The van der Waals surface area contributed by atoms with E-state index in [-0.39, 0.29) is 12.5 Å². The normalized spacial score (nSPS) is 15.9. The molecule has 2 aromatic carbocycles. The number of rotatable bonds is 4. The van der Waals surface area contributed by atoms with Crippen molar-refractivity contribution in [2.45, 2.75) is 30.6 Å². The second-order valence-electron chi connectivity index (χ2n) is 8.92. The number of hydrogen-bond acceptors (Lipinski definition) is 4. The molecule has 32 heavy (non-hydrogen) atoms. The van der Waals surface area contributed by atoms with Crippen LogP contribution < -0.4 is 5.46 Å². The summed E-state index contributed by atoms with van der Waals surface area (Å²) < 4.78 is 14.2. The first-order valence-corrected chi connectivity index (χ1v) is 11.8. The van der Waals surface area contributed by atoms with Crippen LogP contribution in [0.2, 0.25) is 5.02 Å². The van der Waals surface area contributed by atoms with Gasteiger partial charge in [-0.15, -0.1) is 0 Å². The summed E-state index contributed by atoms with van der Waals surface area (Å²) in [4.78, 5) is 6.65. The van der Waals surface area contributed by atoms with E-state index in [2.05, 4.69) is 66.7 Å². The topological polar surface area (TPSA) is 36.3 Å². The molecule has 0 bridgehead atoms. The first-order chi connectivity index (χ1) is 15.4. The second kappa shape index (κ2) is 8.60. The van der Waals surface area contributed by atoms with Crippen molar-refractivity contribution in [1.29, 1.82) is 0 Å². The maximum Gasteiger partial charge on any atom is 0.493 e. The van der Waals surface area contributed by atoms with Crippen molar-refractivity contribution in [3.05, 3.63) is 77.7 Å². The number of nitrogens with zero attached hydrogens (tertiary/aromatic N) is 2. The Hall–Kier alpha value is -2.25. The molecule has 0 aliphatic carbocycles. The van der Waals surface area contributed by atoms with Gasteiger partial charge in [0.05, 0.1) is 17.4 Å². The Morgan fingerprint density at radius 3 is 2.62 bits per heavy atom. The monoisotopic (exact) mass is 462 g/mol. The van der Waals surface area contributed by atoms with E-state index in [1.807, 2.05) is 24.4 Å². The highest BCUT2D eigenvalue weighted by Crippen LogP contribution is 2.40. The molecule has 1 aliphatic rings. The Morgan fingerprint density at radius 2 is 1.88 bits per heavy atom. The molecule has 0 unspecified atom stereocenters. The second-order valence-corrected chi connectivity index (χ2v) is 10.4. The van der Waals surface area contributed by atoms with Gasteiger partial charge in [0.1, 0.15) is 0 Å². The smallest absolute Gasteiger partial charge is 0.407 e. The van der Waals surface area contributed by atoms with E-state index in [9.17, 15) is 0 Å². The van der Waals surface area contributed by atoms with Crippen LogP contribution in [-0.2, 0) is 9.31 Å². The lowest BCUT2D eigenvalue weighted by atomic mass is 9.76. The number of halogens is 1. The molecule has 0 saturated carbocycles. The molecule has 4 aromatic rings. The van der Waals surface area contributed by atoms with Gasteiger partial charge < -0.3 is 13.9 Å². The summed E-state index contributed by atoms with van der Waals surface area (Å²) in [7, 11) is -0.319. The molecule has 1 saturated heterocycles. The van der Waals surface area contributed by atoms with Gasteiger partial charge in [-0.1, -0.05) is 55.4 Å². The van der Waals surface area contributed by atoms with Gasteiger partial charge in [0.2, 0.25) is 0 Å². The molecule has 1 aliphatic heterocycles. The van der Waals surface area contributed by atoms with E-state index in [1.54, 1.807) is 18.0 Å². The van der Waals surface area contributed by atoms with Crippen molar-refractivity contribution in [2.24, 2.45) is 5.41 Å². The minimum atomic E-state index is -0.319. The van der Waals surface area contributed by atoms with Crippen molar-refractivity contribution < 1.29 is 9.31 Å². The van der Waals surface area contributed by atoms with Gasteiger partial charge in [0, 0.05) is 50.7 Å². The number of aromatic nitrogens is 2. The van der Waals surface area contributed by atoms with Crippen LogP contribution in [-0.4, -0.2) is 29.9 Å². The van der Waals surface area contributed by atoms with Gasteiger partial charge >= 0.3 is 7.12 Å². The van der Waals surface area contributed by atoms with Crippen LogP contribution in [0.3, 0.4) is 0 Å². The molecular formula is C25H24BClN2O2S. The Bertz CT molecular complexity index is 1270. The lowest BCUT2D eigenvalue weighted by Crippen LogP contribution is -2.47. The quantitative estimate of drug-likeness (QED) is 0.353. The van der Waals surface area contributed by atoms with Crippen LogP contribution in [0.25, 0.3) is 16.6 Å². The Kier molecular flexibility index (Phi) is 5.80. The summed E-state index contributed by atoms with van der Waals surface area (Å²) in [6, 6.07) is 18.5. The highest BCUT2D eigenvalue weighted by atomic mass is 35.5. The molecule has 0 atom stereocenters. The SMILES string of the molecule is Cc1c(Sc2cccc(B3OCC(C)(C)CO3)c2)c2ccc(Cl)cc2n1-c1cccnc1. The summed E-state index contributed by atoms with van der Waals surface area (Å²) in [5.41, 5.74) is 4.34. The third-order valence-corrected chi connectivity index (χ3v) is 7.06. The van der Waals surface area contributed by atoms with Crippen molar-refractivity contribution in [2.75, 3.05) is 13.2 Å². The fourth-order valence-electron chi connectivity index (χ4n) is 4.03. The Morgan fingerprint density at radius 1 is 1.06 bits per heavy atom. The van der Waals surface area contributed by atoms with Gasteiger partial charge in [0.25, 0.3) is 0 Å². The van der Waals surface area contributed by atoms with Crippen LogP contribution in [0.4, 0.5) is 0 Å². The molecule has 2 aromatic heterocycles. The predicted octanol–water partition coefficient (Wildman–Crippen LogP) is 5.91. The van der Waals surface area contributed by atoms with Gasteiger partial charge in [-0.3, -0.25) is 4.98 Å². The lowest BCUT2D eigenvalue weighted by Gasteiger charge is -2.33. The highest BCUT2D eigenvalue weighted by molar-refractivity contribution is 7.99.